The average molecular weight is 659 g/mol. The van der Waals surface area contributed by atoms with E-state index in [9.17, 15) is 22.4 Å². The zero-order chi connectivity index (χ0) is 31.2. The van der Waals surface area contributed by atoms with Gasteiger partial charge in [-0.15, -0.1) is 0 Å². The normalized spacial score (nSPS) is 23.6. The number of sulfone groups is 1. The van der Waals surface area contributed by atoms with Gasteiger partial charge in [0.25, 0.3) is 0 Å². The van der Waals surface area contributed by atoms with E-state index in [2.05, 4.69) is 0 Å². The Morgan fingerprint density at radius 3 is 2.41 bits per heavy atom. The maximum absolute atomic E-state index is 14.7. The summed E-state index contributed by atoms with van der Waals surface area (Å²) in [6.45, 7) is 2.80. The Labute approximate surface area is 267 Å². The lowest BCUT2D eigenvalue weighted by atomic mass is 9.71. The van der Waals surface area contributed by atoms with Crippen molar-refractivity contribution < 1.29 is 27.1 Å². The molecule has 3 aromatic rings. The number of nitrogens with zero attached hydrogens (tertiary/aromatic N) is 1. The van der Waals surface area contributed by atoms with Crippen molar-refractivity contribution in [2.75, 3.05) is 13.1 Å². The van der Waals surface area contributed by atoms with E-state index in [1.807, 2.05) is 12.1 Å². The van der Waals surface area contributed by atoms with E-state index >= 15 is 0 Å². The SMILES string of the molecule is CC(=O)N1CCC(C(=O)C2CC[C@@]3(S(=O)(=O)c4ccc(F)cc4)c4ccc(OCc5cc(Cl)ccc5Cl)cc4CC[C@@H]23)CC1. The average Bonchev–Trinajstić information content (AvgIpc) is 3.43. The lowest BCUT2D eigenvalue weighted by Gasteiger charge is -2.43. The quantitative estimate of drug-likeness (QED) is 0.252. The number of amides is 1. The number of ketones is 1. The minimum atomic E-state index is -4.03. The van der Waals surface area contributed by atoms with Crippen LogP contribution < -0.4 is 4.74 Å². The molecular weight excluding hydrogens is 624 g/mol. The van der Waals surface area contributed by atoms with E-state index in [0.717, 1.165) is 11.1 Å². The molecule has 0 spiro atoms. The van der Waals surface area contributed by atoms with Crippen molar-refractivity contribution in [2.24, 2.45) is 17.8 Å². The number of rotatable bonds is 7. The molecule has 1 saturated carbocycles. The lowest BCUT2D eigenvalue weighted by Crippen LogP contribution is -2.47. The van der Waals surface area contributed by atoms with Gasteiger partial charge in [-0.3, -0.25) is 9.59 Å². The minimum absolute atomic E-state index is 0.00377. The van der Waals surface area contributed by atoms with Crippen LogP contribution in [0.5, 0.6) is 5.75 Å². The van der Waals surface area contributed by atoms with Gasteiger partial charge in [0, 0.05) is 47.5 Å². The van der Waals surface area contributed by atoms with Gasteiger partial charge in [0.2, 0.25) is 5.91 Å². The molecule has 6 rings (SSSR count). The van der Waals surface area contributed by atoms with Crippen molar-refractivity contribution in [3.8, 4) is 5.75 Å². The largest absolute Gasteiger partial charge is 0.489 e. The number of carbonyl (C=O) groups is 2. The summed E-state index contributed by atoms with van der Waals surface area (Å²) < 4.78 is 47.9. The van der Waals surface area contributed by atoms with E-state index in [1.165, 1.54) is 31.2 Å². The predicted molar refractivity (Wildman–Crippen MR) is 167 cm³/mol. The highest BCUT2D eigenvalue weighted by molar-refractivity contribution is 7.92. The van der Waals surface area contributed by atoms with Crippen LogP contribution in [0.3, 0.4) is 0 Å². The Morgan fingerprint density at radius 1 is 0.977 bits per heavy atom. The van der Waals surface area contributed by atoms with Gasteiger partial charge in [-0.2, -0.15) is 0 Å². The van der Waals surface area contributed by atoms with Crippen molar-refractivity contribution in [1.29, 1.82) is 0 Å². The van der Waals surface area contributed by atoms with Crippen LogP contribution in [0.1, 0.15) is 55.7 Å². The third kappa shape index (κ3) is 5.43. The maximum Gasteiger partial charge on any atom is 0.219 e. The number of hydrogen-bond acceptors (Lipinski definition) is 5. The molecule has 0 radical (unpaired) electrons. The molecule has 3 atom stereocenters. The number of halogens is 3. The second-order valence-electron chi connectivity index (χ2n) is 12.2. The molecule has 6 nitrogen and oxygen atoms in total. The van der Waals surface area contributed by atoms with E-state index in [4.69, 9.17) is 27.9 Å². The van der Waals surface area contributed by atoms with Crippen LogP contribution in [-0.2, 0) is 37.2 Å². The Bertz CT molecular complexity index is 1700. The van der Waals surface area contributed by atoms with Gasteiger partial charge >= 0.3 is 0 Å². The number of piperidine rings is 1. The fourth-order valence-electron chi connectivity index (χ4n) is 7.68. The van der Waals surface area contributed by atoms with Crippen molar-refractivity contribution in [2.45, 2.75) is 61.7 Å². The van der Waals surface area contributed by atoms with Crippen LogP contribution >= 0.6 is 23.2 Å². The number of carbonyl (C=O) groups excluding carboxylic acids is 2. The number of hydrogen-bond donors (Lipinski definition) is 0. The number of Topliss-reactive ketones (excluding diaryl/α,β-unsaturated/α-hetero) is 1. The van der Waals surface area contributed by atoms with Crippen LogP contribution in [0.15, 0.2) is 65.6 Å². The van der Waals surface area contributed by atoms with Gasteiger partial charge < -0.3 is 9.64 Å². The highest BCUT2D eigenvalue weighted by Crippen LogP contribution is 2.60. The molecule has 1 saturated heterocycles. The number of ether oxygens (including phenoxy) is 1. The molecule has 2 fully saturated rings. The molecular formula is C34H34Cl2FNO5S. The van der Waals surface area contributed by atoms with Crippen LogP contribution in [0.4, 0.5) is 4.39 Å². The van der Waals surface area contributed by atoms with Gasteiger partial charge in [-0.05, 0) is 110 Å². The number of benzene rings is 3. The fraction of sp³-hybridized carbons (Fsp3) is 0.412. The van der Waals surface area contributed by atoms with Crippen LogP contribution in [0.2, 0.25) is 10.0 Å². The van der Waals surface area contributed by atoms with Gasteiger partial charge in [0.1, 0.15) is 28.7 Å². The number of aryl methyl sites for hydroxylation is 1. The second kappa shape index (κ2) is 12.1. The Hall–Kier alpha value is -2.94. The predicted octanol–water partition coefficient (Wildman–Crippen LogP) is 7.18. The van der Waals surface area contributed by atoms with Gasteiger partial charge in [0.05, 0.1) is 4.90 Å². The molecule has 1 aliphatic heterocycles. The molecule has 2 aliphatic carbocycles. The minimum Gasteiger partial charge on any atom is -0.489 e. The van der Waals surface area contributed by atoms with Crippen molar-refractivity contribution in [1.82, 2.24) is 4.90 Å². The summed E-state index contributed by atoms with van der Waals surface area (Å²) in [6.07, 6.45) is 3.07. The van der Waals surface area contributed by atoms with E-state index in [0.29, 0.717) is 73.0 Å². The summed E-state index contributed by atoms with van der Waals surface area (Å²) in [5.74, 6) is -0.848. The molecule has 1 amide bonds. The Kier molecular flexibility index (Phi) is 8.54. The summed E-state index contributed by atoms with van der Waals surface area (Å²) >= 11 is 12.5. The Morgan fingerprint density at radius 2 is 1.70 bits per heavy atom. The second-order valence-corrected chi connectivity index (χ2v) is 15.2. The standard InChI is InChI=1S/C34H34Cl2FNO5S/c1-21(39)38-16-13-22(14-17-38)33(40)29-12-15-34(44(41,42)28-7-4-26(37)5-8-28)30-10-6-27(19-23(30)2-9-31(29)34)43-20-24-18-25(35)3-11-32(24)36/h3-8,10-11,18-19,22,29,31H,2,9,12-17,20H2,1H3/t29?,31-,34+/m0/s1. The summed E-state index contributed by atoms with van der Waals surface area (Å²) in [7, 11) is -4.03. The van der Waals surface area contributed by atoms with Crippen LogP contribution in [0.25, 0.3) is 0 Å². The number of likely N-dealkylation sites (tertiary alicyclic amines) is 1. The molecule has 44 heavy (non-hydrogen) atoms. The lowest BCUT2D eigenvalue weighted by molar-refractivity contribution is -0.135. The maximum atomic E-state index is 14.7. The third-order valence-corrected chi connectivity index (χ3v) is 13.1. The zero-order valence-corrected chi connectivity index (χ0v) is 26.7. The molecule has 1 heterocycles. The summed E-state index contributed by atoms with van der Waals surface area (Å²) in [5, 5.41) is 1.08. The fourth-order valence-corrected chi connectivity index (χ4v) is 10.5. The van der Waals surface area contributed by atoms with Crippen molar-refractivity contribution in [3.63, 3.8) is 0 Å². The first-order valence-corrected chi connectivity index (χ1v) is 17.2. The number of fused-ring (bicyclic) bond motifs is 3. The van der Waals surface area contributed by atoms with Crippen LogP contribution in [-0.4, -0.2) is 38.1 Å². The molecule has 10 heteroatoms. The highest BCUT2D eigenvalue weighted by Gasteiger charge is 2.61. The topological polar surface area (TPSA) is 80.8 Å². The van der Waals surface area contributed by atoms with E-state index in [-0.39, 0.29) is 29.1 Å². The Balaban J connectivity index is 1.34. The van der Waals surface area contributed by atoms with E-state index < -0.39 is 32.2 Å². The van der Waals surface area contributed by atoms with Crippen LogP contribution in [0, 0.1) is 23.6 Å². The summed E-state index contributed by atoms with van der Waals surface area (Å²) in [6, 6.07) is 15.6. The molecule has 3 aliphatic rings. The first-order valence-electron chi connectivity index (χ1n) is 15.0. The summed E-state index contributed by atoms with van der Waals surface area (Å²) in [5.41, 5.74) is 2.29. The summed E-state index contributed by atoms with van der Waals surface area (Å²) in [4.78, 5) is 27.7. The van der Waals surface area contributed by atoms with Crippen molar-refractivity contribution in [3.05, 3.63) is 93.2 Å². The molecule has 0 N–H and O–H groups in total. The molecule has 3 aromatic carbocycles. The van der Waals surface area contributed by atoms with Gasteiger partial charge in [-0.1, -0.05) is 29.3 Å². The monoisotopic (exact) mass is 657 g/mol. The first-order chi connectivity index (χ1) is 21.0. The third-order valence-electron chi connectivity index (χ3n) is 9.88. The highest BCUT2D eigenvalue weighted by atomic mass is 35.5. The molecule has 1 unspecified atom stereocenters. The van der Waals surface area contributed by atoms with Gasteiger partial charge in [0.15, 0.2) is 9.84 Å². The van der Waals surface area contributed by atoms with Crippen molar-refractivity contribution >= 4 is 44.7 Å². The molecule has 232 valence electrons. The molecule has 0 bridgehead atoms. The molecule has 0 aromatic heterocycles. The van der Waals surface area contributed by atoms with E-state index in [1.54, 1.807) is 29.2 Å². The zero-order valence-electron chi connectivity index (χ0n) is 24.4. The van der Waals surface area contributed by atoms with Gasteiger partial charge in [-0.25, -0.2) is 12.8 Å². The first kappa shape index (κ1) is 31.1. The smallest absolute Gasteiger partial charge is 0.219 e.